The van der Waals surface area contributed by atoms with Crippen molar-refractivity contribution < 1.29 is 24.0 Å². The maximum absolute atomic E-state index is 13.8. The number of aryl methyl sites for hydroxylation is 1. The zero-order valence-electron chi connectivity index (χ0n) is 14.0. The van der Waals surface area contributed by atoms with Crippen LogP contribution in [0, 0.1) is 12.7 Å². The maximum Gasteiger partial charge on any atom is 0.475 e. The van der Waals surface area contributed by atoms with Gasteiger partial charge < -0.3 is 20.1 Å². The smallest absolute Gasteiger partial charge is 0.475 e. The Balaban J connectivity index is 1.84. The third-order valence-electron chi connectivity index (χ3n) is 3.75. The highest BCUT2D eigenvalue weighted by atomic mass is 19.1. The molecule has 5 nitrogen and oxygen atoms in total. The van der Waals surface area contributed by atoms with Gasteiger partial charge in [-0.05, 0) is 30.5 Å². The summed E-state index contributed by atoms with van der Waals surface area (Å²) in [7, 11) is -1.68. The van der Waals surface area contributed by atoms with Gasteiger partial charge in [-0.15, -0.1) is 0 Å². The Labute approximate surface area is 146 Å². The van der Waals surface area contributed by atoms with E-state index in [2.05, 4.69) is 5.32 Å². The van der Waals surface area contributed by atoms with Crippen molar-refractivity contribution in [3.05, 3.63) is 65.5 Å². The predicted octanol–water partition coefficient (Wildman–Crippen LogP) is 1.64. The van der Waals surface area contributed by atoms with Crippen LogP contribution < -0.4 is 10.1 Å². The first-order valence-corrected chi connectivity index (χ1v) is 8.04. The van der Waals surface area contributed by atoms with E-state index in [1.165, 1.54) is 6.07 Å². The number of hydrogen-bond donors (Lipinski definition) is 3. The van der Waals surface area contributed by atoms with Gasteiger partial charge in [0.05, 0.1) is 19.0 Å². The van der Waals surface area contributed by atoms with Gasteiger partial charge in [-0.3, -0.25) is 4.79 Å². The van der Waals surface area contributed by atoms with Gasteiger partial charge in [-0.2, -0.15) is 0 Å². The van der Waals surface area contributed by atoms with E-state index < -0.39 is 24.8 Å². The highest BCUT2D eigenvalue weighted by molar-refractivity contribution is 6.43. The van der Waals surface area contributed by atoms with Crippen LogP contribution in [0.15, 0.2) is 48.5 Å². The molecular formula is C18H21BFNO4. The standard InChI is InChI=1S/C18H21BFNO4/c1-13-6-5-9-15(18(13)20)25-11-10-17(22)21-16(19(23)24)12-14-7-3-2-4-8-14/h2-9,16,23-24H,10-12H2,1H3,(H,21,22). The van der Waals surface area contributed by atoms with Crippen LogP contribution in [0.3, 0.4) is 0 Å². The molecule has 0 aliphatic carbocycles. The van der Waals surface area contributed by atoms with Crippen LogP contribution in [0.1, 0.15) is 17.5 Å². The fraction of sp³-hybridized carbons (Fsp3) is 0.278. The molecule has 2 aromatic rings. The van der Waals surface area contributed by atoms with Crippen LogP contribution >= 0.6 is 0 Å². The number of nitrogens with one attached hydrogen (secondary N) is 1. The Morgan fingerprint density at radius 2 is 1.92 bits per heavy atom. The molecule has 1 amide bonds. The average Bonchev–Trinajstić information content (AvgIpc) is 2.59. The van der Waals surface area contributed by atoms with Crippen molar-refractivity contribution >= 4 is 13.0 Å². The van der Waals surface area contributed by atoms with Crippen molar-refractivity contribution in [2.75, 3.05) is 6.61 Å². The van der Waals surface area contributed by atoms with Crippen molar-refractivity contribution in [2.24, 2.45) is 0 Å². The number of ether oxygens (including phenoxy) is 1. The third-order valence-corrected chi connectivity index (χ3v) is 3.75. The molecule has 132 valence electrons. The summed E-state index contributed by atoms with van der Waals surface area (Å²) in [6.45, 7) is 1.62. The van der Waals surface area contributed by atoms with Gasteiger partial charge in [-0.1, -0.05) is 42.5 Å². The predicted molar refractivity (Wildman–Crippen MR) is 93.5 cm³/mol. The molecule has 25 heavy (non-hydrogen) atoms. The van der Waals surface area contributed by atoms with E-state index in [9.17, 15) is 19.2 Å². The fourth-order valence-corrected chi connectivity index (χ4v) is 2.36. The molecule has 0 saturated carbocycles. The van der Waals surface area contributed by atoms with E-state index in [1.807, 2.05) is 30.3 Å². The molecule has 0 radical (unpaired) electrons. The zero-order chi connectivity index (χ0) is 18.2. The molecule has 0 bridgehead atoms. The summed E-state index contributed by atoms with van der Waals surface area (Å²) in [6.07, 6.45) is 0.267. The lowest BCUT2D eigenvalue weighted by Gasteiger charge is -2.18. The van der Waals surface area contributed by atoms with Crippen molar-refractivity contribution in [3.63, 3.8) is 0 Å². The van der Waals surface area contributed by atoms with Crippen molar-refractivity contribution in [1.29, 1.82) is 0 Å². The first-order valence-electron chi connectivity index (χ1n) is 8.04. The van der Waals surface area contributed by atoms with Gasteiger partial charge in [0.15, 0.2) is 11.6 Å². The number of hydrogen-bond acceptors (Lipinski definition) is 4. The van der Waals surface area contributed by atoms with Gasteiger partial charge >= 0.3 is 7.12 Å². The monoisotopic (exact) mass is 345 g/mol. The van der Waals surface area contributed by atoms with Crippen LogP contribution in [0.2, 0.25) is 0 Å². The average molecular weight is 345 g/mol. The number of halogens is 1. The minimum Gasteiger partial charge on any atom is -0.490 e. The second-order valence-electron chi connectivity index (χ2n) is 5.76. The SMILES string of the molecule is Cc1cccc(OCCC(=O)NC(Cc2ccccc2)B(O)O)c1F. The lowest BCUT2D eigenvalue weighted by Crippen LogP contribution is -2.48. The van der Waals surface area contributed by atoms with Crippen LogP contribution in [0.4, 0.5) is 4.39 Å². The van der Waals surface area contributed by atoms with Gasteiger partial charge in [0, 0.05) is 0 Å². The second kappa shape index (κ2) is 9.20. The molecule has 0 aliphatic rings. The summed E-state index contributed by atoms with van der Waals surface area (Å²) in [4.78, 5) is 12.0. The molecule has 0 heterocycles. The molecule has 0 spiro atoms. The Morgan fingerprint density at radius 3 is 2.60 bits per heavy atom. The van der Waals surface area contributed by atoms with Crippen LogP contribution in [0.5, 0.6) is 5.75 Å². The van der Waals surface area contributed by atoms with Crippen molar-refractivity contribution in [2.45, 2.75) is 25.7 Å². The molecular weight excluding hydrogens is 324 g/mol. The van der Waals surface area contributed by atoms with Crippen molar-refractivity contribution in [1.82, 2.24) is 5.32 Å². The summed E-state index contributed by atoms with van der Waals surface area (Å²) in [5, 5.41) is 21.5. The summed E-state index contributed by atoms with van der Waals surface area (Å²) < 4.78 is 19.1. The fourth-order valence-electron chi connectivity index (χ4n) is 2.36. The molecule has 0 saturated heterocycles. The summed E-state index contributed by atoms with van der Waals surface area (Å²) in [5.41, 5.74) is 1.34. The van der Waals surface area contributed by atoms with E-state index in [4.69, 9.17) is 4.74 Å². The summed E-state index contributed by atoms with van der Waals surface area (Å²) >= 11 is 0. The van der Waals surface area contributed by atoms with Crippen LogP contribution in [-0.2, 0) is 11.2 Å². The number of amides is 1. The zero-order valence-corrected chi connectivity index (χ0v) is 14.0. The lowest BCUT2D eigenvalue weighted by atomic mass is 9.76. The normalized spacial score (nSPS) is 11.7. The molecule has 0 fully saturated rings. The minimum absolute atomic E-state index is 0.00815. The summed E-state index contributed by atoms with van der Waals surface area (Å²) in [6, 6.07) is 14.0. The molecule has 0 aliphatic heterocycles. The maximum atomic E-state index is 13.8. The summed E-state index contributed by atoms with van der Waals surface area (Å²) in [5.74, 6) is -1.58. The van der Waals surface area contributed by atoms with Crippen LogP contribution in [-0.4, -0.2) is 35.6 Å². The van der Waals surface area contributed by atoms with E-state index in [0.717, 1.165) is 5.56 Å². The van der Waals surface area contributed by atoms with E-state index in [1.54, 1.807) is 19.1 Å². The third kappa shape index (κ3) is 5.88. The number of carbonyl (C=O) groups excluding carboxylic acids is 1. The highest BCUT2D eigenvalue weighted by Crippen LogP contribution is 2.19. The number of rotatable bonds is 8. The second-order valence-corrected chi connectivity index (χ2v) is 5.76. The Kier molecular flexibility index (Phi) is 6.97. The molecule has 2 aromatic carbocycles. The van der Waals surface area contributed by atoms with E-state index >= 15 is 0 Å². The Hall–Kier alpha value is -2.38. The van der Waals surface area contributed by atoms with Gasteiger partial charge in [0.2, 0.25) is 5.91 Å². The van der Waals surface area contributed by atoms with E-state index in [0.29, 0.717) is 5.56 Å². The van der Waals surface area contributed by atoms with E-state index in [-0.39, 0.29) is 25.2 Å². The Bertz CT molecular complexity index is 697. The van der Waals surface area contributed by atoms with Gasteiger partial charge in [0.1, 0.15) is 0 Å². The van der Waals surface area contributed by atoms with Gasteiger partial charge in [-0.25, -0.2) is 4.39 Å². The highest BCUT2D eigenvalue weighted by Gasteiger charge is 2.25. The molecule has 0 aromatic heterocycles. The Morgan fingerprint density at radius 1 is 1.20 bits per heavy atom. The van der Waals surface area contributed by atoms with Gasteiger partial charge in [0.25, 0.3) is 0 Å². The quantitative estimate of drug-likeness (QED) is 0.636. The molecule has 3 N–H and O–H groups in total. The number of carbonyl (C=O) groups is 1. The first-order chi connectivity index (χ1) is 12.0. The minimum atomic E-state index is -1.68. The molecule has 1 atom stereocenters. The number of benzene rings is 2. The first kappa shape index (κ1) is 19.0. The molecule has 2 rings (SSSR count). The topological polar surface area (TPSA) is 78.8 Å². The largest absolute Gasteiger partial charge is 0.490 e. The van der Waals surface area contributed by atoms with Crippen LogP contribution in [0.25, 0.3) is 0 Å². The van der Waals surface area contributed by atoms with Crippen molar-refractivity contribution in [3.8, 4) is 5.75 Å². The molecule has 7 heteroatoms. The lowest BCUT2D eigenvalue weighted by molar-refractivity contribution is -0.122. The molecule has 1 unspecified atom stereocenters.